The van der Waals surface area contributed by atoms with Crippen LogP contribution in [0.15, 0.2) is 11.1 Å². The van der Waals surface area contributed by atoms with Gasteiger partial charge in [-0.1, -0.05) is 0 Å². The van der Waals surface area contributed by atoms with Crippen LogP contribution in [0.25, 0.3) is 11.0 Å². The maximum Gasteiger partial charge on any atom is 0.471 e. The predicted molar refractivity (Wildman–Crippen MR) is 71.4 cm³/mol. The van der Waals surface area contributed by atoms with Gasteiger partial charge in [0.2, 0.25) is 0 Å². The second-order valence-corrected chi connectivity index (χ2v) is 5.05. The zero-order chi connectivity index (χ0) is 16.8. The summed E-state index contributed by atoms with van der Waals surface area (Å²) < 4.78 is 39.2. The van der Waals surface area contributed by atoms with Gasteiger partial charge in [0.1, 0.15) is 17.1 Å². The molecule has 1 N–H and O–H groups in total. The van der Waals surface area contributed by atoms with Crippen molar-refractivity contribution in [1.82, 2.24) is 19.4 Å². The van der Waals surface area contributed by atoms with Crippen molar-refractivity contribution in [3.63, 3.8) is 0 Å². The van der Waals surface area contributed by atoms with E-state index in [0.29, 0.717) is 10.6 Å². The number of nitriles is 1. The van der Waals surface area contributed by atoms with Crippen molar-refractivity contribution in [1.29, 1.82) is 5.26 Å². The molecule has 0 bridgehead atoms. The average molecular weight is 325 g/mol. The van der Waals surface area contributed by atoms with Crippen molar-refractivity contribution in [2.75, 3.05) is 13.1 Å². The molecule has 0 unspecified atom stereocenters. The van der Waals surface area contributed by atoms with Gasteiger partial charge in [-0.2, -0.15) is 18.4 Å². The van der Waals surface area contributed by atoms with E-state index in [2.05, 4.69) is 9.97 Å². The van der Waals surface area contributed by atoms with Crippen LogP contribution in [-0.2, 0) is 17.8 Å². The molecule has 2 aromatic heterocycles. The highest BCUT2D eigenvalue weighted by Crippen LogP contribution is 2.26. The highest BCUT2D eigenvalue weighted by atomic mass is 19.4. The molecule has 2 aromatic rings. The third kappa shape index (κ3) is 2.34. The van der Waals surface area contributed by atoms with Crippen LogP contribution < -0.4 is 5.56 Å². The van der Waals surface area contributed by atoms with Gasteiger partial charge in [-0.3, -0.25) is 9.59 Å². The normalized spacial score (nSPS) is 15.1. The van der Waals surface area contributed by atoms with E-state index in [1.165, 1.54) is 10.9 Å². The zero-order valence-corrected chi connectivity index (χ0v) is 11.6. The highest BCUT2D eigenvalue weighted by molar-refractivity contribution is 5.84. The molecule has 0 aliphatic carbocycles. The number of aromatic amines is 1. The largest absolute Gasteiger partial charge is 0.471 e. The van der Waals surface area contributed by atoms with Crippen LogP contribution in [0, 0.1) is 11.3 Å². The number of aromatic nitrogens is 3. The molecule has 3 heterocycles. The number of fused-ring (bicyclic) bond motifs is 3. The van der Waals surface area contributed by atoms with Crippen LogP contribution in [0.4, 0.5) is 13.2 Å². The molecule has 0 saturated heterocycles. The van der Waals surface area contributed by atoms with Crippen LogP contribution >= 0.6 is 0 Å². The molecular weight excluding hydrogens is 315 g/mol. The lowest BCUT2D eigenvalue weighted by Gasteiger charge is -2.21. The summed E-state index contributed by atoms with van der Waals surface area (Å²) in [4.78, 5) is 30.4. The molecule has 1 aliphatic rings. The van der Waals surface area contributed by atoms with Crippen molar-refractivity contribution in [3.05, 3.63) is 27.9 Å². The second-order valence-electron chi connectivity index (χ2n) is 5.05. The number of H-pyrrole nitrogens is 1. The Bertz CT molecular complexity index is 890. The Balaban J connectivity index is 2.07. The maximum atomic E-state index is 12.6. The van der Waals surface area contributed by atoms with E-state index in [1.54, 1.807) is 0 Å². The SMILES string of the molecule is N#Cc1c2n(c3c(=O)[nH]cnc13)CCN(C(=O)C(F)(F)F)CC2. The molecule has 0 aromatic carbocycles. The van der Waals surface area contributed by atoms with Crippen molar-refractivity contribution in [3.8, 4) is 6.07 Å². The van der Waals surface area contributed by atoms with E-state index < -0.39 is 17.6 Å². The Labute approximate surface area is 126 Å². The Morgan fingerprint density at radius 2 is 2.09 bits per heavy atom. The van der Waals surface area contributed by atoms with Crippen LogP contribution in [0.3, 0.4) is 0 Å². The molecule has 1 aliphatic heterocycles. The fourth-order valence-corrected chi connectivity index (χ4v) is 2.81. The first-order valence-electron chi connectivity index (χ1n) is 6.69. The van der Waals surface area contributed by atoms with Crippen LogP contribution in [0.2, 0.25) is 0 Å². The van der Waals surface area contributed by atoms with Gasteiger partial charge >= 0.3 is 12.1 Å². The smallest absolute Gasteiger partial charge is 0.336 e. The van der Waals surface area contributed by atoms with E-state index in [-0.39, 0.29) is 42.7 Å². The summed E-state index contributed by atoms with van der Waals surface area (Å²) in [5.74, 6) is -1.92. The third-order valence-corrected chi connectivity index (χ3v) is 3.80. The van der Waals surface area contributed by atoms with Crippen LogP contribution in [0.5, 0.6) is 0 Å². The lowest BCUT2D eigenvalue weighted by Crippen LogP contribution is -2.42. The number of nitrogens with one attached hydrogen (secondary N) is 1. The van der Waals surface area contributed by atoms with Gasteiger partial charge in [0, 0.05) is 31.7 Å². The molecule has 0 fully saturated rings. The Hall–Kier alpha value is -2.83. The van der Waals surface area contributed by atoms with E-state index in [9.17, 15) is 28.0 Å². The van der Waals surface area contributed by atoms with Gasteiger partial charge in [0.25, 0.3) is 5.56 Å². The lowest BCUT2D eigenvalue weighted by molar-refractivity contribution is -0.185. The number of amides is 1. The topological polar surface area (TPSA) is 94.8 Å². The lowest BCUT2D eigenvalue weighted by atomic mass is 10.2. The molecule has 0 saturated carbocycles. The van der Waals surface area contributed by atoms with Gasteiger partial charge in [0.15, 0.2) is 0 Å². The van der Waals surface area contributed by atoms with Crippen molar-refractivity contribution in [2.45, 2.75) is 19.1 Å². The Morgan fingerprint density at radius 1 is 1.35 bits per heavy atom. The first-order chi connectivity index (χ1) is 10.8. The maximum absolute atomic E-state index is 12.6. The fraction of sp³-hybridized carbons (Fsp3) is 0.385. The summed E-state index contributed by atoms with van der Waals surface area (Å²) in [7, 11) is 0. The Morgan fingerprint density at radius 3 is 2.74 bits per heavy atom. The van der Waals surface area contributed by atoms with Crippen molar-refractivity contribution in [2.24, 2.45) is 0 Å². The number of rotatable bonds is 0. The molecule has 10 heteroatoms. The number of carbonyl (C=O) groups excluding carboxylic acids is 1. The van der Waals surface area contributed by atoms with Crippen LogP contribution in [-0.4, -0.2) is 44.6 Å². The average Bonchev–Trinajstić information content (AvgIpc) is 2.64. The van der Waals surface area contributed by atoms with Gasteiger partial charge in [-0.25, -0.2) is 4.98 Å². The van der Waals surface area contributed by atoms with Crippen molar-refractivity contribution >= 4 is 16.9 Å². The number of alkyl halides is 3. The van der Waals surface area contributed by atoms with Gasteiger partial charge in [0.05, 0.1) is 11.9 Å². The summed E-state index contributed by atoms with van der Waals surface area (Å²) in [6.07, 6.45) is -3.73. The molecule has 7 nitrogen and oxygen atoms in total. The van der Waals surface area contributed by atoms with E-state index in [0.717, 1.165) is 0 Å². The molecule has 0 spiro atoms. The zero-order valence-electron chi connectivity index (χ0n) is 11.6. The monoisotopic (exact) mass is 325 g/mol. The van der Waals surface area contributed by atoms with Gasteiger partial charge < -0.3 is 14.5 Å². The van der Waals surface area contributed by atoms with Crippen LogP contribution in [0.1, 0.15) is 11.3 Å². The summed E-state index contributed by atoms with van der Waals surface area (Å²) in [5, 5.41) is 9.29. The standard InChI is InChI=1S/C13H10F3N5O2/c14-13(15,16)12(23)20-2-1-8-7(5-17)9-10(21(8)4-3-20)11(22)19-6-18-9/h6H,1-4H2,(H,18,19,22). The van der Waals surface area contributed by atoms with Gasteiger partial charge in [-0.15, -0.1) is 0 Å². The summed E-state index contributed by atoms with van der Waals surface area (Å²) in [6.45, 7) is -0.389. The molecule has 3 rings (SSSR count). The molecule has 23 heavy (non-hydrogen) atoms. The summed E-state index contributed by atoms with van der Waals surface area (Å²) in [5.41, 5.74) is 0.465. The molecule has 1 amide bonds. The molecular formula is C13H10F3N5O2. The predicted octanol–water partition coefficient (Wildman–Crippen LogP) is 0.543. The molecule has 0 atom stereocenters. The van der Waals surface area contributed by atoms with E-state index in [1.807, 2.05) is 6.07 Å². The number of nitrogens with zero attached hydrogens (tertiary/aromatic N) is 4. The quantitative estimate of drug-likeness (QED) is 0.765. The van der Waals surface area contributed by atoms with E-state index in [4.69, 9.17) is 0 Å². The summed E-state index contributed by atoms with van der Waals surface area (Å²) in [6, 6.07) is 1.95. The fourth-order valence-electron chi connectivity index (χ4n) is 2.81. The minimum atomic E-state index is -4.95. The number of hydrogen-bond donors (Lipinski definition) is 1. The first kappa shape index (κ1) is 15.1. The minimum absolute atomic E-state index is 0.00981. The van der Waals surface area contributed by atoms with Gasteiger partial charge in [-0.05, 0) is 0 Å². The Kier molecular flexibility index (Phi) is 3.35. The number of hydrogen-bond acceptors (Lipinski definition) is 4. The third-order valence-electron chi connectivity index (χ3n) is 3.80. The first-order valence-corrected chi connectivity index (χ1v) is 6.69. The molecule has 0 radical (unpaired) electrons. The second kappa shape index (κ2) is 5.12. The minimum Gasteiger partial charge on any atom is -0.336 e. The summed E-state index contributed by atoms with van der Waals surface area (Å²) >= 11 is 0. The number of carbonyl (C=O) groups is 1. The molecule has 120 valence electrons. The van der Waals surface area contributed by atoms with Crippen molar-refractivity contribution < 1.29 is 18.0 Å². The highest BCUT2D eigenvalue weighted by Gasteiger charge is 2.43. The number of halogens is 3. The van der Waals surface area contributed by atoms with E-state index >= 15 is 0 Å².